The number of nitrogens with two attached hydrogens (primary N) is 1. The molecule has 2 aliphatic rings. The fourth-order valence-corrected chi connectivity index (χ4v) is 4.63. The Morgan fingerprint density at radius 2 is 1.86 bits per heavy atom. The zero-order valence-corrected chi connectivity index (χ0v) is 13.3. The third-order valence-electron chi connectivity index (χ3n) is 5.51. The summed E-state index contributed by atoms with van der Waals surface area (Å²) in [6.07, 6.45) is 12.1. The lowest BCUT2D eigenvalue weighted by atomic mass is 9.63. The maximum absolute atomic E-state index is 11.5. The maximum atomic E-state index is 11.5. The van der Waals surface area contributed by atoms with Crippen molar-refractivity contribution in [2.24, 2.45) is 11.8 Å². The summed E-state index contributed by atoms with van der Waals surface area (Å²) in [4.78, 5) is 4.16. The number of hydrogen-bond acceptors (Lipinski definition) is 3. The Hall–Kier alpha value is -0.800. The van der Waals surface area contributed by atoms with Crippen molar-refractivity contribution in [2.75, 3.05) is 5.73 Å². The number of halogens is 1. The van der Waals surface area contributed by atoms with Gasteiger partial charge in [0, 0.05) is 11.8 Å². The molecule has 4 heteroatoms. The molecule has 2 atom stereocenters. The van der Waals surface area contributed by atoms with Gasteiger partial charge in [-0.05, 0) is 30.7 Å². The number of nitrogen functional groups attached to an aromatic ring is 1. The lowest BCUT2D eigenvalue weighted by Crippen LogP contribution is -2.43. The second-order valence-electron chi connectivity index (χ2n) is 6.76. The summed E-state index contributed by atoms with van der Waals surface area (Å²) >= 11 is 6.10. The molecule has 2 aliphatic carbocycles. The number of hydrogen-bond donors (Lipinski definition) is 2. The molecule has 0 amide bonds. The highest BCUT2D eigenvalue weighted by atomic mass is 35.5. The van der Waals surface area contributed by atoms with Crippen molar-refractivity contribution < 1.29 is 5.11 Å². The first-order valence-corrected chi connectivity index (χ1v) is 8.63. The van der Waals surface area contributed by atoms with Gasteiger partial charge in [0.2, 0.25) is 0 Å². The molecule has 0 aromatic carbocycles. The fourth-order valence-electron chi connectivity index (χ4n) is 4.48. The monoisotopic (exact) mass is 308 g/mol. The molecule has 2 saturated carbocycles. The van der Waals surface area contributed by atoms with E-state index in [9.17, 15) is 5.11 Å². The molecule has 0 bridgehead atoms. The van der Waals surface area contributed by atoms with Gasteiger partial charge in [-0.15, -0.1) is 0 Å². The van der Waals surface area contributed by atoms with Crippen molar-refractivity contribution in [2.45, 2.75) is 63.4 Å². The standard InChI is InChI=1S/C17H25ClN2O/c18-13-10-15(16(19)20-11-13)17(21)9-5-4-8-14(17)12-6-2-1-3-7-12/h10-12,14,21H,1-9H2,(H2,19,20). The topological polar surface area (TPSA) is 59.1 Å². The van der Waals surface area contributed by atoms with E-state index in [1.165, 1.54) is 38.5 Å². The largest absolute Gasteiger partial charge is 0.385 e. The van der Waals surface area contributed by atoms with Gasteiger partial charge in [-0.1, -0.05) is 56.5 Å². The summed E-state index contributed by atoms with van der Waals surface area (Å²) < 4.78 is 0. The third-order valence-corrected chi connectivity index (χ3v) is 5.71. The highest BCUT2D eigenvalue weighted by Crippen LogP contribution is 2.50. The van der Waals surface area contributed by atoms with Gasteiger partial charge in [-0.3, -0.25) is 0 Å². The molecular weight excluding hydrogens is 284 g/mol. The number of pyridine rings is 1. The fraction of sp³-hybridized carbons (Fsp3) is 0.706. The van der Waals surface area contributed by atoms with E-state index in [0.717, 1.165) is 24.8 Å². The number of aromatic nitrogens is 1. The van der Waals surface area contributed by atoms with E-state index in [1.807, 2.05) is 6.07 Å². The summed E-state index contributed by atoms with van der Waals surface area (Å²) in [6.45, 7) is 0. The summed E-state index contributed by atoms with van der Waals surface area (Å²) in [5, 5.41) is 12.0. The van der Waals surface area contributed by atoms with Gasteiger partial charge in [0.1, 0.15) is 5.82 Å². The molecule has 1 aromatic rings. The van der Waals surface area contributed by atoms with Crippen molar-refractivity contribution in [3.05, 3.63) is 22.8 Å². The molecule has 3 rings (SSSR count). The summed E-state index contributed by atoms with van der Waals surface area (Å²) in [7, 11) is 0. The minimum atomic E-state index is -0.845. The first-order valence-electron chi connectivity index (χ1n) is 8.25. The van der Waals surface area contributed by atoms with Crippen LogP contribution in [0.25, 0.3) is 0 Å². The Kier molecular flexibility index (Phi) is 4.41. The summed E-state index contributed by atoms with van der Waals surface area (Å²) in [5.74, 6) is 1.35. The van der Waals surface area contributed by atoms with Crippen molar-refractivity contribution in [1.29, 1.82) is 0 Å². The van der Waals surface area contributed by atoms with Crippen LogP contribution in [0.15, 0.2) is 12.3 Å². The highest BCUT2D eigenvalue weighted by molar-refractivity contribution is 6.30. The van der Waals surface area contributed by atoms with E-state index in [2.05, 4.69) is 4.98 Å². The second-order valence-corrected chi connectivity index (χ2v) is 7.20. The molecule has 116 valence electrons. The van der Waals surface area contributed by atoms with Crippen LogP contribution in [-0.4, -0.2) is 10.1 Å². The molecular formula is C17H25ClN2O. The number of aliphatic hydroxyl groups is 1. The molecule has 3 nitrogen and oxygen atoms in total. The maximum Gasteiger partial charge on any atom is 0.129 e. The average Bonchev–Trinajstić information content (AvgIpc) is 2.51. The van der Waals surface area contributed by atoms with Crippen LogP contribution >= 0.6 is 11.6 Å². The minimum absolute atomic E-state index is 0.300. The van der Waals surface area contributed by atoms with Crippen molar-refractivity contribution in [3.8, 4) is 0 Å². The molecule has 0 radical (unpaired) electrons. The number of rotatable bonds is 2. The normalized spacial score (nSPS) is 31.2. The van der Waals surface area contributed by atoms with Gasteiger partial charge in [0.15, 0.2) is 0 Å². The molecule has 1 heterocycles. The Morgan fingerprint density at radius 3 is 2.62 bits per heavy atom. The van der Waals surface area contributed by atoms with Crippen LogP contribution in [-0.2, 0) is 5.60 Å². The van der Waals surface area contributed by atoms with Crippen LogP contribution in [0.1, 0.15) is 63.4 Å². The zero-order chi connectivity index (χ0) is 14.9. The van der Waals surface area contributed by atoms with Gasteiger partial charge in [-0.25, -0.2) is 4.98 Å². The predicted octanol–water partition coefficient (Wildman–Crippen LogP) is 4.28. The number of nitrogens with zero attached hydrogens (tertiary/aromatic N) is 1. The Labute approximate surface area is 131 Å². The first-order chi connectivity index (χ1) is 10.1. The quantitative estimate of drug-likeness (QED) is 0.857. The molecule has 0 saturated heterocycles. The average molecular weight is 309 g/mol. The molecule has 1 aromatic heterocycles. The van der Waals surface area contributed by atoms with E-state index in [1.54, 1.807) is 6.20 Å². The van der Waals surface area contributed by atoms with E-state index in [-0.39, 0.29) is 0 Å². The van der Waals surface area contributed by atoms with E-state index in [0.29, 0.717) is 22.7 Å². The molecule has 3 N–H and O–H groups in total. The molecule has 0 aliphatic heterocycles. The summed E-state index contributed by atoms with van der Waals surface area (Å²) in [5.41, 5.74) is 5.98. The summed E-state index contributed by atoms with van der Waals surface area (Å²) in [6, 6.07) is 1.82. The van der Waals surface area contributed by atoms with Gasteiger partial charge < -0.3 is 10.8 Å². The Bertz CT molecular complexity index is 502. The lowest BCUT2D eigenvalue weighted by Gasteiger charge is -2.45. The van der Waals surface area contributed by atoms with Gasteiger partial charge in [0.25, 0.3) is 0 Å². The smallest absolute Gasteiger partial charge is 0.129 e. The SMILES string of the molecule is Nc1ncc(Cl)cc1C1(O)CCCCC1C1CCCCC1. The van der Waals surface area contributed by atoms with Crippen molar-refractivity contribution in [3.63, 3.8) is 0 Å². The molecule has 2 unspecified atom stereocenters. The Morgan fingerprint density at radius 1 is 1.14 bits per heavy atom. The van der Waals surface area contributed by atoms with Crippen LogP contribution in [0, 0.1) is 11.8 Å². The van der Waals surface area contributed by atoms with Gasteiger partial charge in [-0.2, -0.15) is 0 Å². The molecule has 21 heavy (non-hydrogen) atoms. The van der Waals surface area contributed by atoms with Gasteiger partial charge >= 0.3 is 0 Å². The van der Waals surface area contributed by atoms with Crippen molar-refractivity contribution >= 4 is 17.4 Å². The van der Waals surface area contributed by atoms with Crippen LogP contribution in [0.3, 0.4) is 0 Å². The van der Waals surface area contributed by atoms with Crippen LogP contribution in [0.2, 0.25) is 5.02 Å². The Balaban J connectivity index is 1.96. The molecule has 0 spiro atoms. The number of anilines is 1. The van der Waals surface area contributed by atoms with Crippen molar-refractivity contribution in [1.82, 2.24) is 4.98 Å². The van der Waals surface area contributed by atoms with E-state index < -0.39 is 5.60 Å². The first kappa shape index (κ1) is 15.1. The highest BCUT2D eigenvalue weighted by Gasteiger charge is 2.45. The van der Waals surface area contributed by atoms with Gasteiger partial charge in [0.05, 0.1) is 10.6 Å². The minimum Gasteiger partial charge on any atom is -0.385 e. The third kappa shape index (κ3) is 2.91. The van der Waals surface area contributed by atoms with Crippen LogP contribution in [0.5, 0.6) is 0 Å². The van der Waals surface area contributed by atoms with Crippen LogP contribution < -0.4 is 5.73 Å². The zero-order valence-electron chi connectivity index (χ0n) is 12.5. The second kappa shape index (κ2) is 6.13. The van der Waals surface area contributed by atoms with Crippen LogP contribution in [0.4, 0.5) is 5.82 Å². The molecule has 2 fully saturated rings. The van der Waals surface area contributed by atoms with E-state index >= 15 is 0 Å². The predicted molar refractivity (Wildman–Crippen MR) is 86.1 cm³/mol. The van der Waals surface area contributed by atoms with E-state index in [4.69, 9.17) is 17.3 Å². The lowest BCUT2D eigenvalue weighted by molar-refractivity contribution is -0.0831.